The maximum Gasteiger partial charge on any atom is 0.262 e. The van der Waals surface area contributed by atoms with Crippen LogP contribution in [-0.4, -0.2) is 39.5 Å². The molecular formula is C23H23NO6S. The summed E-state index contributed by atoms with van der Waals surface area (Å²) in [7, 11) is -3.09. The van der Waals surface area contributed by atoms with E-state index in [0.29, 0.717) is 22.9 Å². The Hall–Kier alpha value is -3.52. The highest BCUT2D eigenvalue weighted by Gasteiger charge is 2.07. The average Bonchev–Trinajstić information content (AvgIpc) is 2.73. The predicted octanol–water partition coefficient (Wildman–Crippen LogP) is 3.92. The zero-order chi connectivity index (χ0) is 22.1. The van der Waals surface area contributed by atoms with Crippen molar-refractivity contribution in [3.8, 4) is 23.0 Å². The van der Waals surface area contributed by atoms with Gasteiger partial charge in [-0.05, 0) is 48.5 Å². The van der Waals surface area contributed by atoms with Gasteiger partial charge in [0.2, 0.25) is 0 Å². The molecule has 0 heterocycles. The summed E-state index contributed by atoms with van der Waals surface area (Å²) >= 11 is 0. The first-order chi connectivity index (χ1) is 14.9. The molecule has 0 aromatic heterocycles. The second kappa shape index (κ2) is 10.5. The summed E-state index contributed by atoms with van der Waals surface area (Å²) in [5.41, 5.74) is 0.525. The van der Waals surface area contributed by atoms with Crippen molar-refractivity contribution in [2.75, 3.05) is 30.5 Å². The van der Waals surface area contributed by atoms with Crippen LogP contribution in [0.1, 0.15) is 0 Å². The molecule has 0 bridgehead atoms. The van der Waals surface area contributed by atoms with Gasteiger partial charge in [0.15, 0.2) is 16.4 Å². The number of carbonyl (C=O) groups is 1. The Labute approximate surface area is 181 Å². The summed E-state index contributed by atoms with van der Waals surface area (Å²) in [6.45, 7) is -0.124. The number of amides is 1. The Morgan fingerprint density at radius 3 is 2.16 bits per heavy atom. The van der Waals surface area contributed by atoms with E-state index in [1.807, 2.05) is 30.3 Å². The number of carbonyl (C=O) groups excluding carboxylic acids is 1. The van der Waals surface area contributed by atoms with Crippen molar-refractivity contribution in [3.05, 3.63) is 78.9 Å². The summed E-state index contributed by atoms with van der Waals surface area (Å²) in [4.78, 5) is 12.2. The highest BCUT2D eigenvalue weighted by atomic mass is 32.2. The molecular weight excluding hydrogens is 418 g/mol. The summed E-state index contributed by atoms with van der Waals surface area (Å²) in [6.07, 6.45) is 1.15. The zero-order valence-electron chi connectivity index (χ0n) is 17.0. The number of benzene rings is 3. The lowest BCUT2D eigenvalue weighted by atomic mass is 10.3. The Bertz CT molecular complexity index is 1100. The molecule has 0 aliphatic rings. The number of anilines is 1. The lowest BCUT2D eigenvalue weighted by molar-refractivity contribution is -0.118. The largest absolute Gasteiger partial charge is 0.492 e. The van der Waals surface area contributed by atoms with E-state index in [0.717, 1.165) is 12.0 Å². The monoisotopic (exact) mass is 441 g/mol. The molecule has 7 nitrogen and oxygen atoms in total. The molecule has 0 atom stereocenters. The quantitative estimate of drug-likeness (QED) is 0.513. The number of sulfone groups is 1. The number of hydrogen-bond donors (Lipinski definition) is 1. The summed E-state index contributed by atoms with van der Waals surface area (Å²) < 4.78 is 39.0. The van der Waals surface area contributed by atoms with E-state index in [4.69, 9.17) is 14.2 Å². The van der Waals surface area contributed by atoms with Gasteiger partial charge in [-0.1, -0.05) is 24.3 Å². The lowest BCUT2D eigenvalue weighted by Crippen LogP contribution is -2.20. The molecule has 31 heavy (non-hydrogen) atoms. The van der Waals surface area contributed by atoms with E-state index in [1.165, 1.54) is 0 Å². The average molecular weight is 442 g/mol. The van der Waals surface area contributed by atoms with Crippen LogP contribution in [0.2, 0.25) is 0 Å². The van der Waals surface area contributed by atoms with Gasteiger partial charge in [-0.15, -0.1) is 0 Å². The van der Waals surface area contributed by atoms with Crippen molar-refractivity contribution in [3.63, 3.8) is 0 Å². The van der Waals surface area contributed by atoms with Crippen LogP contribution in [-0.2, 0) is 14.6 Å². The Balaban J connectivity index is 1.46. The predicted molar refractivity (Wildman–Crippen MR) is 119 cm³/mol. The molecule has 0 saturated heterocycles. The standard InChI is InChI=1S/C23H23NO6S/c1-31(26,27)15-14-28-22-9-5-6-18(16-22)24-23(25)17-29-19-10-12-21(13-11-19)30-20-7-3-2-4-8-20/h2-13,16H,14-15,17H2,1H3,(H,24,25). The van der Waals surface area contributed by atoms with Crippen molar-refractivity contribution in [1.82, 2.24) is 0 Å². The normalized spacial score (nSPS) is 10.9. The third kappa shape index (κ3) is 8.02. The zero-order valence-corrected chi connectivity index (χ0v) is 17.8. The van der Waals surface area contributed by atoms with Crippen LogP contribution in [0, 0.1) is 0 Å². The Morgan fingerprint density at radius 2 is 1.45 bits per heavy atom. The van der Waals surface area contributed by atoms with Crippen LogP contribution in [0.3, 0.4) is 0 Å². The van der Waals surface area contributed by atoms with Crippen LogP contribution >= 0.6 is 0 Å². The maximum atomic E-state index is 12.2. The fourth-order valence-corrected chi connectivity index (χ4v) is 2.94. The lowest BCUT2D eigenvalue weighted by Gasteiger charge is -2.10. The van der Waals surface area contributed by atoms with E-state index < -0.39 is 9.84 Å². The smallest absolute Gasteiger partial charge is 0.262 e. The minimum atomic E-state index is -3.09. The van der Waals surface area contributed by atoms with Gasteiger partial charge in [-0.25, -0.2) is 8.42 Å². The second-order valence-corrected chi connectivity index (χ2v) is 8.99. The van der Waals surface area contributed by atoms with Crippen LogP contribution in [0.25, 0.3) is 0 Å². The van der Waals surface area contributed by atoms with E-state index in [-0.39, 0.29) is 24.9 Å². The molecule has 162 valence electrons. The third-order valence-electron chi connectivity index (χ3n) is 4.01. The first-order valence-corrected chi connectivity index (χ1v) is 11.6. The van der Waals surface area contributed by atoms with Gasteiger partial charge >= 0.3 is 0 Å². The molecule has 3 aromatic rings. The molecule has 1 N–H and O–H groups in total. The van der Waals surface area contributed by atoms with Crippen LogP contribution in [0.5, 0.6) is 23.0 Å². The fourth-order valence-electron chi connectivity index (χ4n) is 2.55. The highest BCUT2D eigenvalue weighted by Crippen LogP contribution is 2.23. The minimum absolute atomic E-state index is 0.0450. The molecule has 0 saturated carbocycles. The number of para-hydroxylation sites is 1. The first kappa shape index (κ1) is 22.2. The van der Waals surface area contributed by atoms with Gasteiger partial charge in [0.05, 0.1) is 5.75 Å². The molecule has 3 aromatic carbocycles. The summed E-state index contributed by atoms with van der Waals surface area (Å²) in [5.74, 6) is 1.99. The molecule has 0 spiro atoms. The van der Waals surface area contributed by atoms with Crippen molar-refractivity contribution in [2.45, 2.75) is 0 Å². The van der Waals surface area contributed by atoms with Crippen molar-refractivity contribution >= 4 is 21.4 Å². The number of nitrogens with one attached hydrogen (secondary N) is 1. The number of hydrogen-bond acceptors (Lipinski definition) is 6. The summed E-state index contributed by atoms with van der Waals surface area (Å²) in [5, 5.41) is 2.72. The maximum absolute atomic E-state index is 12.2. The highest BCUT2D eigenvalue weighted by molar-refractivity contribution is 7.90. The van der Waals surface area contributed by atoms with Crippen LogP contribution in [0.15, 0.2) is 78.9 Å². The van der Waals surface area contributed by atoms with Gasteiger partial charge < -0.3 is 19.5 Å². The molecule has 8 heteroatoms. The molecule has 0 aliphatic carbocycles. The molecule has 0 fully saturated rings. The van der Waals surface area contributed by atoms with Crippen molar-refractivity contribution in [2.24, 2.45) is 0 Å². The van der Waals surface area contributed by atoms with Crippen molar-refractivity contribution < 1.29 is 27.4 Å². The fraction of sp³-hybridized carbons (Fsp3) is 0.174. The molecule has 1 amide bonds. The Morgan fingerprint density at radius 1 is 0.806 bits per heavy atom. The van der Waals surface area contributed by atoms with Crippen LogP contribution in [0.4, 0.5) is 5.69 Å². The molecule has 0 radical (unpaired) electrons. The molecule has 0 unspecified atom stereocenters. The number of ether oxygens (including phenoxy) is 3. The Kier molecular flexibility index (Phi) is 7.50. The van der Waals surface area contributed by atoms with Crippen LogP contribution < -0.4 is 19.5 Å². The van der Waals surface area contributed by atoms with E-state index in [2.05, 4.69) is 5.32 Å². The van der Waals surface area contributed by atoms with Gasteiger partial charge in [0.25, 0.3) is 5.91 Å². The van der Waals surface area contributed by atoms with E-state index in [1.54, 1.807) is 48.5 Å². The van der Waals surface area contributed by atoms with Gasteiger partial charge in [0.1, 0.15) is 29.6 Å². The van der Waals surface area contributed by atoms with Gasteiger partial charge in [0, 0.05) is 18.0 Å². The van der Waals surface area contributed by atoms with E-state index in [9.17, 15) is 13.2 Å². The molecule has 3 rings (SSSR count). The SMILES string of the molecule is CS(=O)(=O)CCOc1cccc(NC(=O)COc2ccc(Oc3ccccc3)cc2)c1. The molecule has 0 aliphatic heterocycles. The first-order valence-electron chi connectivity index (χ1n) is 9.54. The summed E-state index contributed by atoms with van der Waals surface area (Å²) in [6, 6.07) is 23.1. The van der Waals surface area contributed by atoms with Crippen molar-refractivity contribution in [1.29, 1.82) is 0 Å². The van der Waals surface area contributed by atoms with Gasteiger partial charge in [-0.2, -0.15) is 0 Å². The topological polar surface area (TPSA) is 90.9 Å². The minimum Gasteiger partial charge on any atom is -0.492 e. The van der Waals surface area contributed by atoms with Gasteiger partial charge in [-0.3, -0.25) is 4.79 Å². The number of rotatable bonds is 10. The second-order valence-electron chi connectivity index (χ2n) is 6.73. The third-order valence-corrected chi connectivity index (χ3v) is 4.92. The van der Waals surface area contributed by atoms with E-state index >= 15 is 0 Å².